The Balaban J connectivity index is 2.33. The van der Waals surface area contributed by atoms with Gasteiger partial charge in [-0.1, -0.05) is 6.07 Å². The number of nitrogens with one attached hydrogen (secondary N) is 1. The summed E-state index contributed by atoms with van der Waals surface area (Å²) in [5, 5.41) is 12.3. The van der Waals surface area contributed by atoms with E-state index in [2.05, 4.69) is 14.8 Å². The molecule has 1 aromatic carbocycles. The highest BCUT2D eigenvalue weighted by Gasteiger charge is 2.65. The molecular formula is C11H11F4NO3. The predicted octanol–water partition coefficient (Wildman–Crippen LogP) is 1.90. The lowest BCUT2D eigenvalue weighted by Crippen LogP contribution is -2.52. The smallest absolute Gasteiger partial charge is 0.421 e. The molecule has 1 aliphatic rings. The SMILES string of the molecule is CNCC(O)c1ccc2c(c1)OC(F)(F)C(F)(F)O2. The van der Waals surface area contributed by atoms with Crippen molar-refractivity contribution in [2.45, 2.75) is 18.3 Å². The van der Waals surface area contributed by atoms with Gasteiger partial charge in [-0.3, -0.25) is 0 Å². The van der Waals surface area contributed by atoms with E-state index in [0.717, 1.165) is 12.1 Å². The van der Waals surface area contributed by atoms with E-state index in [-0.39, 0.29) is 12.1 Å². The maximum Gasteiger partial charge on any atom is 0.507 e. The molecule has 2 N–H and O–H groups in total. The molecule has 0 saturated heterocycles. The van der Waals surface area contributed by atoms with Gasteiger partial charge in [-0.05, 0) is 24.7 Å². The van der Waals surface area contributed by atoms with Crippen molar-refractivity contribution in [3.05, 3.63) is 23.8 Å². The normalized spacial score (nSPS) is 20.9. The van der Waals surface area contributed by atoms with Gasteiger partial charge in [0.1, 0.15) is 0 Å². The van der Waals surface area contributed by atoms with E-state index >= 15 is 0 Å². The van der Waals surface area contributed by atoms with Crippen LogP contribution in [0.15, 0.2) is 18.2 Å². The van der Waals surface area contributed by atoms with Crippen molar-refractivity contribution in [2.75, 3.05) is 13.6 Å². The molecule has 0 aliphatic carbocycles. The first-order valence-corrected chi connectivity index (χ1v) is 5.37. The van der Waals surface area contributed by atoms with E-state index in [9.17, 15) is 22.7 Å². The molecule has 1 aromatic rings. The van der Waals surface area contributed by atoms with Crippen molar-refractivity contribution in [1.29, 1.82) is 0 Å². The number of aliphatic hydroxyl groups is 1. The minimum atomic E-state index is -4.76. The van der Waals surface area contributed by atoms with Crippen molar-refractivity contribution >= 4 is 0 Å². The molecule has 0 amide bonds. The molecule has 1 heterocycles. The fraction of sp³-hybridized carbons (Fsp3) is 0.455. The van der Waals surface area contributed by atoms with Crippen LogP contribution >= 0.6 is 0 Å². The van der Waals surface area contributed by atoms with Crippen LogP contribution in [0.2, 0.25) is 0 Å². The summed E-state index contributed by atoms with van der Waals surface area (Å²) in [7, 11) is 1.59. The van der Waals surface area contributed by atoms with Gasteiger partial charge in [0.05, 0.1) is 6.10 Å². The first-order valence-electron chi connectivity index (χ1n) is 5.37. The van der Waals surface area contributed by atoms with E-state index in [4.69, 9.17) is 0 Å². The second kappa shape index (κ2) is 4.53. The van der Waals surface area contributed by atoms with Gasteiger partial charge in [-0.25, -0.2) is 0 Å². The third kappa shape index (κ3) is 2.45. The second-order valence-corrected chi connectivity index (χ2v) is 4.02. The molecule has 106 valence electrons. The van der Waals surface area contributed by atoms with Crippen LogP contribution in [0.3, 0.4) is 0 Å². The molecule has 1 aliphatic heterocycles. The van der Waals surface area contributed by atoms with Crippen LogP contribution in [0.25, 0.3) is 0 Å². The number of ether oxygens (including phenoxy) is 2. The lowest BCUT2D eigenvalue weighted by molar-refractivity contribution is -0.391. The van der Waals surface area contributed by atoms with Crippen LogP contribution in [0.4, 0.5) is 17.6 Å². The number of halogens is 4. The first kappa shape index (κ1) is 13.9. The van der Waals surface area contributed by atoms with Crippen LogP contribution in [0, 0.1) is 0 Å². The Bertz CT molecular complexity index is 481. The number of alkyl halides is 4. The quantitative estimate of drug-likeness (QED) is 0.831. The Labute approximate surface area is 105 Å². The van der Waals surface area contributed by atoms with Crippen molar-refractivity contribution in [3.63, 3.8) is 0 Å². The number of hydrogen-bond acceptors (Lipinski definition) is 4. The summed E-state index contributed by atoms with van der Waals surface area (Å²) < 4.78 is 59.6. The van der Waals surface area contributed by atoms with Crippen LogP contribution in [0.5, 0.6) is 11.5 Å². The van der Waals surface area contributed by atoms with E-state index in [1.54, 1.807) is 7.05 Å². The average Bonchev–Trinajstić information content (AvgIpc) is 2.29. The summed E-state index contributed by atoms with van der Waals surface area (Å²) in [5.41, 5.74) is 0.248. The van der Waals surface area contributed by atoms with Crippen LogP contribution < -0.4 is 14.8 Å². The molecule has 0 radical (unpaired) electrons. The molecular weight excluding hydrogens is 270 g/mol. The third-order valence-electron chi connectivity index (χ3n) is 2.57. The maximum absolute atomic E-state index is 13.0. The molecule has 8 heteroatoms. The lowest BCUT2D eigenvalue weighted by atomic mass is 10.1. The Morgan fingerprint density at radius 1 is 1.16 bits per heavy atom. The monoisotopic (exact) mass is 281 g/mol. The molecule has 4 nitrogen and oxygen atoms in total. The Morgan fingerprint density at radius 2 is 1.74 bits per heavy atom. The van der Waals surface area contributed by atoms with Gasteiger partial charge in [0.2, 0.25) is 0 Å². The molecule has 2 rings (SSSR count). The molecule has 1 unspecified atom stereocenters. The van der Waals surface area contributed by atoms with Gasteiger partial charge < -0.3 is 19.9 Å². The largest absolute Gasteiger partial charge is 0.507 e. The number of rotatable bonds is 3. The molecule has 1 atom stereocenters. The summed E-state index contributed by atoms with van der Waals surface area (Å²) in [5.74, 6) is -1.04. The summed E-state index contributed by atoms with van der Waals surface area (Å²) in [4.78, 5) is 0. The van der Waals surface area contributed by atoms with E-state index in [1.807, 2.05) is 0 Å². The van der Waals surface area contributed by atoms with Crippen LogP contribution in [-0.4, -0.2) is 30.9 Å². The van der Waals surface area contributed by atoms with Gasteiger partial charge >= 0.3 is 12.2 Å². The number of hydrogen-bond donors (Lipinski definition) is 2. The van der Waals surface area contributed by atoms with Crippen molar-refractivity contribution in [3.8, 4) is 11.5 Å². The number of fused-ring (bicyclic) bond motifs is 1. The van der Waals surface area contributed by atoms with Crippen molar-refractivity contribution in [1.82, 2.24) is 5.32 Å². The third-order valence-corrected chi connectivity index (χ3v) is 2.57. The van der Waals surface area contributed by atoms with Crippen molar-refractivity contribution < 1.29 is 32.1 Å². The average molecular weight is 281 g/mol. The second-order valence-electron chi connectivity index (χ2n) is 4.02. The Kier molecular flexibility index (Phi) is 3.31. The molecule has 0 fully saturated rings. The van der Waals surface area contributed by atoms with Gasteiger partial charge in [-0.2, -0.15) is 17.6 Å². The highest BCUT2D eigenvalue weighted by Crippen LogP contribution is 2.47. The summed E-state index contributed by atoms with van der Waals surface area (Å²) >= 11 is 0. The number of benzene rings is 1. The fourth-order valence-electron chi connectivity index (χ4n) is 1.60. The Morgan fingerprint density at radius 3 is 2.32 bits per heavy atom. The van der Waals surface area contributed by atoms with E-state index < -0.39 is 29.8 Å². The summed E-state index contributed by atoms with van der Waals surface area (Å²) in [6.07, 6.45) is -10.5. The van der Waals surface area contributed by atoms with E-state index in [0.29, 0.717) is 0 Å². The Hall–Kier alpha value is -1.54. The maximum atomic E-state index is 13.0. The standard InChI is InChI=1S/C11H11F4NO3/c1-16-5-7(17)6-2-3-8-9(4-6)19-11(14,15)10(12,13)18-8/h2-4,7,16-17H,5H2,1H3. The number of likely N-dealkylation sites (N-methyl/N-ethyl adjacent to an activating group) is 1. The minimum Gasteiger partial charge on any atom is -0.421 e. The first-order chi connectivity index (χ1) is 8.77. The molecule has 0 bridgehead atoms. The summed E-state index contributed by atoms with van der Waals surface area (Å²) in [6.45, 7) is 0.173. The fourth-order valence-corrected chi connectivity index (χ4v) is 1.60. The van der Waals surface area contributed by atoms with Gasteiger partial charge in [0, 0.05) is 6.54 Å². The topological polar surface area (TPSA) is 50.7 Å². The lowest BCUT2D eigenvalue weighted by Gasteiger charge is -2.32. The molecule has 0 saturated carbocycles. The number of aliphatic hydroxyl groups excluding tert-OH is 1. The summed E-state index contributed by atoms with van der Waals surface area (Å²) in [6, 6.07) is 3.39. The van der Waals surface area contributed by atoms with Crippen molar-refractivity contribution in [2.24, 2.45) is 0 Å². The van der Waals surface area contributed by atoms with E-state index in [1.165, 1.54) is 6.07 Å². The zero-order chi connectivity index (χ0) is 14.3. The highest BCUT2D eigenvalue weighted by molar-refractivity contribution is 5.45. The zero-order valence-corrected chi connectivity index (χ0v) is 9.79. The molecule has 0 spiro atoms. The zero-order valence-electron chi connectivity index (χ0n) is 9.79. The van der Waals surface area contributed by atoms with Crippen LogP contribution in [0.1, 0.15) is 11.7 Å². The molecule has 19 heavy (non-hydrogen) atoms. The minimum absolute atomic E-state index is 0.173. The van der Waals surface area contributed by atoms with Crippen LogP contribution in [-0.2, 0) is 0 Å². The van der Waals surface area contributed by atoms with Gasteiger partial charge in [0.25, 0.3) is 0 Å². The highest BCUT2D eigenvalue weighted by atomic mass is 19.3. The molecule has 0 aromatic heterocycles. The predicted molar refractivity (Wildman–Crippen MR) is 56.5 cm³/mol. The van der Waals surface area contributed by atoms with Gasteiger partial charge in [0.15, 0.2) is 11.5 Å². The van der Waals surface area contributed by atoms with Gasteiger partial charge in [-0.15, -0.1) is 0 Å².